The van der Waals surface area contributed by atoms with Crippen LogP contribution >= 0.6 is 0 Å². The zero-order valence-corrected chi connectivity index (χ0v) is 11.8. The molecule has 0 fully saturated rings. The van der Waals surface area contributed by atoms with Gasteiger partial charge in [-0.1, -0.05) is 24.3 Å². The van der Waals surface area contributed by atoms with E-state index in [0.717, 1.165) is 29.7 Å². The van der Waals surface area contributed by atoms with Crippen molar-refractivity contribution >= 4 is 10.9 Å². The number of rotatable bonds is 3. The number of hydrogen-bond acceptors (Lipinski definition) is 2. The first-order valence-corrected chi connectivity index (χ1v) is 6.83. The lowest BCUT2D eigenvalue weighted by atomic mass is 10.0. The van der Waals surface area contributed by atoms with Gasteiger partial charge >= 0.3 is 0 Å². The van der Waals surface area contributed by atoms with Crippen molar-refractivity contribution in [2.24, 2.45) is 0 Å². The molecular formula is C17H18N2O. The summed E-state index contributed by atoms with van der Waals surface area (Å²) in [4.78, 5) is 14.2. The summed E-state index contributed by atoms with van der Waals surface area (Å²) in [5.74, 6) is 0. The fourth-order valence-electron chi connectivity index (χ4n) is 2.59. The topological polar surface area (TPSA) is 25.2 Å². The van der Waals surface area contributed by atoms with Crippen LogP contribution in [0.5, 0.6) is 0 Å². The van der Waals surface area contributed by atoms with Crippen molar-refractivity contribution in [1.82, 2.24) is 9.47 Å². The van der Waals surface area contributed by atoms with Gasteiger partial charge in [-0.15, -0.1) is 0 Å². The van der Waals surface area contributed by atoms with Crippen molar-refractivity contribution in [2.45, 2.75) is 6.54 Å². The lowest BCUT2D eigenvalue weighted by Gasteiger charge is -2.20. The van der Waals surface area contributed by atoms with Crippen LogP contribution in [0.15, 0.2) is 53.3 Å². The van der Waals surface area contributed by atoms with Gasteiger partial charge in [0.15, 0.2) is 5.43 Å². The van der Waals surface area contributed by atoms with Gasteiger partial charge in [-0.3, -0.25) is 4.79 Å². The summed E-state index contributed by atoms with van der Waals surface area (Å²) < 4.78 is 2.24. The first kappa shape index (κ1) is 12.9. The van der Waals surface area contributed by atoms with E-state index in [1.165, 1.54) is 5.52 Å². The van der Waals surface area contributed by atoms with Crippen LogP contribution in [0, 0.1) is 0 Å². The second-order valence-corrected chi connectivity index (χ2v) is 5.35. The fraction of sp³-hybridized carbons (Fsp3) is 0.235. The molecule has 1 heterocycles. The Morgan fingerprint density at radius 3 is 2.65 bits per heavy atom. The smallest absolute Gasteiger partial charge is 0.187 e. The standard InChI is InChI=1S/C17H18N2O/c1-18(2)10-11-19-15-7-4-3-6-13(15)12-14-16(19)8-5-9-17(14)20/h3-9,12H,10-11H2,1-2H3. The van der Waals surface area contributed by atoms with Crippen LogP contribution < -0.4 is 5.43 Å². The molecule has 0 saturated heterocycles. The predicted molar refractivity (Wildman–Crippen MR) is 83.4 cm³/mol. The highest BCUT2D eigenvalue weighted by atomic mass is 16.1. The first-order valence-electron chi connectivity index (χ1n) is 6.83. The van der Waals surface area contributed by atoms with Gasteiger partial charge in [-0.2, -0.15) is 0 Å². The maximum atomic E-state index is 12.1. The van der Waals surface area contributed by atoms with Crippen LogP contribution in [0.25, 0.3) is 22.2 Å². The molecule has 0 saturated carbocycles. The molecule has 2 aliphatic rings. The summed E-state index contributed by atoms with van der Waals surface area (Å²) in [5, 5.41) is 1.11. The molecule has 3 nitrogen and oxygen atoms in total. The van der Waals surface area contributed by atoms with Crippen LogP contribution in [0.3, 0.4) is 0 Å². The van der Waals surface area contributed by atoms with Gasteiger partial charge in [0.25, 0.3) is 0 Å². The Balaban J connectivity index is 2.30. The summed E-state index contributed by atoms with van der Waals surface area (Å²) in [6.45, 7) is 1.81. The molecule has 0 unspecified atom stereocenters. The van der Waals surface area contributed by atoms with Gasteiger partial charge in [0.05, 0.1) is 5.69 Å². The maximum absolute atomic E-state index is 12.1. The van der Waals surface area contributed by atoms with E-state index in [-0.39, 0.29) is 5.43 Å². The van der Waals surface area contributed by atoms with Crippen LogP contribution in [-0.2, 0) is 6.54 Å². The van der Waals surface area contributed by atoms with Crippen molar-refractivity contribution in [3.05, 3.63) is 58.8 Å². The van der Waals surface area contributed by atoms with Gasteiger partial charge in [-0.05, 0) is 43.7 Å². The van der Waals surface area contributed by atoms with Crippen molar-refractivity contribution in [3.8, 4) is 11.3 Å². The fourth-order valence-corrected chi connectivity index (χ4v) is 2.59. The molecule has 0 N–H and O–H groups in total. The van der Waals surface area contributed by atoms with E-state index in [9.17, 15) is 4.79 Å². The van der Waals surface area contributed by atoms with Crippen LogP contribution in [0.4, 0.5) is 0 Å². The van der Waals surface area contributed by atoms with Crippen LogP contribution in [-0.4, -0.2) is 30.1 Å². The second kappa shape index (κ2) is 5.10. The normalized spacial score (nSPS) is 11.6. The number of para-hydroxylation sites is 1. The van der Waals surface area contributed by atoms with E-state index in [4.69, 9.17) is 0 Å². The van der Waals surface area contributed by atoms with E-state index >= 15 is 0 Å². The lowest BCUT2D eigenvalue weighted by molar-refractivity contribution is 0.387. The summed E-state index contributed by atoms with van der Waals surface area (Å²) in [5.41, 5.74) is 3.07. The van der Waals surface area contributed by atoms with Crippen molar-refractivity contribution in [1.29, 1.82) is 0 Å². The number of likely N-dealkylation sites (N-methyl/N-ethyl adjacent to an activating group) is 1. The van der Waals surface area contributed by atoms with E-state index in [2.05, 4.69) is 35.7 Å². The van der Waals surface area contributed by atoms with Gasteiger partial charge in [0, 0.05) is 24.2 Å². The van der Waals surface area contributed by atoms with Crippen LogP contribution in [0.2, 0.25) is 0 Å². The Morgan fingerprint density at radius 1 is 1.05 bits per heavy atom. The summed E-state index contributed by atoms with van der Waals surface area (Å²) in [7, 11) is 4.12. The summed E-state index contributed by atoms with van der Waals surface area (Å²) in [6.07, 6.45) is 0. The molecule has 0 atom stereocenters. The Hall–Kier alpha value is -2.13. The van der Waals surface area contributed by atoms with E-state index in [1.807, 2.05) is 30.3 Å². The number of benzene rings is 2. The first-order chi connectivity index (χ1) is 9.66. The third-order valence-corrected chi connectivity index (χ3v) is 3.63. The minimum Gasteiger partial charge on any atom is -0.339 e. The van der Waals surface area contributed by atoms with Crippen molar-refractivity contribution in [3.63, 3.8) is 0 Å². The van der Waals surface area contributed by atoms with Crippen LogP contribution in [0.1, 0.15) is 0 Å². The highest BCUT2D eigenvalue weighted by molar-refractivity contribution is 5.86. The molecule has 1 aromatic carbocycles. The van der Waals surface area contributed by atoms with Gasteiger partial charge < -0.3 is 9.47 Å². The number of aromatic nitrogens is 1. The Bertz CT molecular complexity index is 773. The number of hydrogen-bond donors (Lipinski definition) is 0. The highest BCUT2D eigenvalue weighted by Gasteiger charge is 2.12. The molecule has 1 aliphatic heterocycles. The number of nitrogens with zero attached hydrogens (tertiary/aromatic N) is 2. The molecule has 1 aromatic rings. The molecule has 0 radical (unpaired) electrons. The SMILES string of the molecule is CN(C)CCn1c2cccc(=O)c-2cc2ccccc21. The minimum atomic E-state index is 0.0897. The highest BCUT2D eigenvalue weighted by Crippen LogP contribution is 2.25. The Labute approximate surface area is 118 Å². The molecule has 0 bridgehead atoms. The average molecular weight is 266 g/mol. The number of fused-ring (bicyclic) bond motifs is 2. The predicted octanol–water partition coefficient (Wildman–Crippen LogP) is 2.67. The summed E-state index contributed by atoms with van der Waals surface area (Å²) in [6, 6.07) is 15.7. The monoisotopic (exact) mass is 266 g/mol. The molecule has 102 valence electrons. The summed E-state index contributed by atoms with van der Waals surface area (Å²) >= 11 is 0. The largest absolute Gasteiger partial charge is 0.339 e. The Kier molecular flexibility index (Phi) is 3.28. The molecule has 0 spiro atoms. The van der Waals surface area contributed by atoms with Gasteiger partial charge in [-0.25, -0.2) is 0 Å². The molecule has 0 amide bonds. The molecular weight excluding hydrogens is 248 g/mol. The lowest BCUT2D eigenvalue weighted by Crippen LogP contribution is -2.21. The zero-order chi connectivity index (χ0) is 14.1. The second-order valence-electron chi connectivity index (χ2n) is 5.35. The Morgan fingerprint density at radius 2 is 1.85 bits per heavy atom. The van der Waals surface area contributed by atoms with E-state index in [1.54, 1.807) is 6.07 Å². The van der Waals surface area contributed by atoms with E-state index < -0.39 is 0 Å². The van der Waals surface area contributed by atoms with Gasteiger partial charge in [0.1, 0.15) is 0 Å². The molecule has 3 heteroatoms. The zero-order valence-electron chi connectivity index (χ0n) is 11.8. The third kappa shape index (κ3) is 2.21. The maximum Gasteiger partial charge on any atom is 0.187 e. The van der Waals surface area contributed by atoms with E-state index in [0.29, 0.717) is 0 Å². The number of pyridine rings is 1. The third-order valence-electron chi connectivity index (χ3n) is 3.63. The molecule has 20 heavy (non-hydrogen) atoms. The van der Waals surface area contributed by atoms with Crippen molar-refractivity contribution < 1.29 is 0 Å². The van der Waals surface area contributed by atoms with Gasteiger partial charge in [0.2, 0.25) is 0 Å². The minimum absolute atomic E-state index is 0.0897. The molecule has 1 aliphatic carbocycles. The van der Waals surface area contributed by atoms with Crippen molar-refractivity contribution in [2.75, 3.05) is 20.6 Å². The molecule has 0 aromatic heterocycles. The quantitative estimate of drug-likeness (QED) is 0.681. The molecule has 3 rings (SSSR count). The average Bonchev–Trinajstić information content (AvgIpc) is 2.44.